The summed E-state index contributed by atoms with van der Waals surface area (Å²) in [5.41, 5.74) is 4.62. The summed E-state index contributed by atoms with van der Waals surface area (Å²) in [5, 5.41) is 0. The number of hydrogen-bond acceptors (Lipinski definition) is 4. The molecule has 2 N–H and O–H groups in total. The van der Waals surface area contributed by atoms with Crippen molar-refractivity contribution in [2.24, 2.45) is 5.73 Å². The predicted octanol–water partition coefficient (Wildman–Crippen LogP) is -2.20. The first-order valence-corrected chi connectivity index (χ1v) is 2.34. The SMILES string of the molecule is NCO[SH](=O)=O.[KH]. The quantitative estimate of drug-likeness (QED) is 0.267. The Balaban J connectivity index is 0. The Morgan fingerprint density at radius 3 is 2.00 bits per heavy atom. The van der Waals surface area contributed by atoms with Gasteiger partial charge in [-0.15, -0.1) is 0 Å². The van der Waals surface area contributed by atoms with Crippen molar-refractivity contribution in [1.82, 2.24) is 0 Å². The van der Waals surface area contributed by atoms with Crippen LogP contribution < -0.4 is 5.73 Å². The first-order valence-electron chi connectivity index (χ1n) is 1.24. The van der Waals surface area contributed by atoms with Gasteiger partial charge in [-0.3, -0.25) is 4.18 Å². The summed E-state index contributed by atoms with van der Waals surface area (Å²) >= 11 is 0. The van der Waals surface area contributed by atoms with E-state index in [1.807, 2.05) is 0 Å². The van der Waals surface area contributed by atoms with Crippen molar-refractivity contribution in [2.75, 3.05) is 6.73 Å². The summed E-state index contributed by atoms with van der Waals surface area (Å²) < 4.78 is 22.4. The summed E-state index contributed by atoms with van der Waals surface area (Å²) in [5.74, 6) is 0. The molecular formula is CH6KNO3S. The molecule has 4 nitrogen and oxygen atoms in total. The van der Waals surface area contributed by atoms with Gasteiger partial charge in [-0.05, 0) is 0 Å². The Labute approximate surface area is 86.0 Å². The van der Waals surface area contributed by atoms with Crippen LogP contribution in [0, 0.1) is 0 Å². The molecule has 0 aromatic carbocycles. The summed E-state index contributed by atoms with van der Waals surface area (Å²) in [6, 6.07) is 0. The van der Waals surface area contributed by atoms with Crippen molar-refractivity contribution in [3.05, 3.63) is 0 Å². The molecule has 0 amide bonds. The van der Waals surface area contributed by atoms with E-state index >= 15 is 0 Å². The summed E-state index contributed by atoms with van der Waals surface area (Å²) in [7, 11) is -2.73. The van der Waals surface area contributed by atoms with Crippen LogP contribution in [0.2, 0.25) is 0 Å². The van der Waals surface area contributed by atoms with Gasteiger partial charge in [0.15, 0.2) is 0 Å². The number of thiol groups is 1. The van der Waals surface area contributed by atoms with Crippen LogP contribution in [0.4, 0.5) is 0 Å². The number of rotatable bonds is 2. The molecule has 0 atom stereocenters. The molecule has 7 heavy (non-hydrogen) atoms. The van der Waals surface area contributed by atoms with Gasteiger partial charge < -0.3 is 5.73 Å². The van der Waals surface area contributed by atoms with Crippen LogP contribution in [-0.4, -0.2) is 66.5 Å². The molecule has 6 heteroatoms. The van der Waals surface area contributed by atoms with E-state index in [-0.39, 0.29) is 58.1 Å². The van der Waals surface area contributed by atoms with Gasteiger partial charge in [0.2, 0.25) is 0 Å². The van der Waals surface area contributed by atoms with Crippen molar-refractivity contribution >= 4 is 62.4 Å². The zero-order valence-electron chi connectivity index (χ0n) is 2.96. The minimum absolute atomic E-state index is 0. The second kappa shape index (κ2) is 7.51. The van der Waals surface area contributed by atoms with Crippen LogP contribution in [0.1, 0.15) is 0 Å². The molecule has 0 unspecified atom stereocenters. The molecule has 0 heterocycles. The first kappa shape index (κ1) is 11.3. The van der Waals surface area contributed by atoms with Crippen LogP contribution in [0.5, 0.6) is 0 Å². The van der Waals surface area contributed by atoms with Crippen molar-refractivity contribution in [1.29, 1.82) is 0 Å². The molecule has 0 aromatic rings. The molecule has 0 aliphatic carbocycles. The van der Waals surface area contributed by atoms with Crippen LogP contribution in [0.25, 0.3) is 0 Å². The molecule has 0 aliphatic rings. The van der Waals surface area contributed by atoms with E-state index in [1.165, 1.54) is 0 Å². The zero-order valence-corrected chi connectivity index (χ0v) is 3.85. The third-order valence-electron chi connectivity index (χ3n) is 0.180. The van der Waals surface area contributed by atoms with Crippen molar-refractivity contribution in [2.45, 2.75) is 0 Å². The van der Waals surface area contributed by atoms with E-state index in [0.29, 0.717) is 0 Å². The fourth-order valence-corrected chi connectivity index (χ4v) is 0.183. The molecular weight excluding hydrogens is 145 g/mol. The van der Waals surface area contributed by atoms with Gasteiger partial charge in [0, 0.05) is 0 Å². The zero-order chi connectivity index (χ0) is 4.99. The molecule has 0 aliphatic heterocycles. The molecule has 0 radical (unpaired) electrons. The van der Waals surface area contributed by atoms with Crippen LogP contribution in [0.3, 0.4) is 0 Å². The van der Waals surface area contributed by atoms with E-state index in [0.717, 1.165) is 0 Å². The summed E-state index contributed by atoms with van der Waals surface area (Å²) in [4.78, 5) is 0. The second-order valence-electron chi connectivity index (χ2n) is 0.519. The molecule has 0 aromatic heterocycles. The standard InChI is InChI=1S/CH5NO3S.K.H/c2-1-5-6(3)4;;/h6H,1-2H2;;. The van der Waals surface area contributed by atoms with Crippen LogP contribution >= 0.6 is 0 Å². The average molecular weight is 151 g/mol. The average Bonchev–Trinajstić information content (AvgIpc) is 1.35. The topological polar surface area (TPSA) is 69.4 Å². The minimum atomic E-state index is -2.73. The van der Waals surface area contributed by atoms with E-state index in [2.05, 4.69) is 9.92 Å². The van der Waals surface area contributed by atoms with Crippen molar-refractivity contribution < 1.29 is 12.6 Å². The monoisotopic (exact) mass is 151 g/mol. The van der Waals surface area contributed by atoms with Crippen molar-refractivity contribution in [3.63, 3.8) is 0 Å². The molecule has 0 bridgehead atoms. The Kier molecular flexibility index (Phi) is 12.1. The molecule has 0 spiro atoms. The van der Waals surface area contributed by atoms with Gasteiger partial charge in [-0.1, -0.05) is 0 Å². The third-order valence-corrected chi connectivity index (χ3v) is 0.540. The summed E-state index contributed by atoms with van der Waals surface area (Å²) in [6.07, 6.45) is 0. The van der Waals surface area contributed by atoms with Gasteiger partial charge in [0.1, 0.15) is 6.73 Å². The van der Waals surface area contributed by atoms with E-state index < -0.39 is 11.0 Å². The van der Waals surface area contributed by atoms with Crippen molar-refractivity contribution in [3.8, 4) is 0 Å². The molecule has 40 valence electrons. The first-order chi connectivity index (χ1) is 2.77. The molecule has 0 saturated carbocycles. The number of hydrogen-bond donors (Lipinski definition) is 2. The molecule has 0 rings (SSSR count). The Morgan fingerprint density at radius 1 is 1.57 bits per heavy atom. The Bertz CT molecular complexity index is 82.9. The van der Waals surface area contributed by atoms with Gasteiger partial charge in [0.05, 0.1) is 0 Å². The van der Waals surface area contributed by atoms with Gasteiger partial charge in [-0.2, -0.15) is 0 Å². The number of nitrogens with two attached hydrogens (primary N) is 1. The second-order valence-corrected chi connectivity index (χ2v) is 1.22. The fourth-order valence-electron chi connectivity index (χ4n) is 0.0609. The maximum absolute atomic E-state index is 9.33. The maximum atomic E-state index is 9.33. The van der Waals surface area contributed by atoms with Gasteiger partial charge in [0.25, 0.3) is 11.0 Å². The van der Waals surface area contributed by atoms with Crippen LogP contribution in [0.15, 0.2) is 0 Å². The van der Waals surface area contributed by atoms with E-state index in [9.17, 15) is 8.42 Å². The summed E-state index contributed by atoms with van der Waals surface area (Å²) in [6.45, 7) is -0.265. The molecule has 0 saturated heterocycles. The fraction of sp³-hybridized carbons (Fsp3) is 1.00. The van der Waals surface area contributed by atoms with E-state index in [4.69, 9.17) is 0 Å². The van der Waals surface area contributed by atoms with E-state index in [1.54, 1.807) is 0 Å². The third kappa shape index (κ3) is 11.2. The van der Waals surface area contributed by atoms with Gasteiger partial charge >= 0.3 is 51.4 Å². The Morgan fingerprint density at radius 2 is 2.00 bits per heavy atom. The normalized spacial score (nSPS) is 8.29. The van der Waals surface area contributed by atoms with Gasteiger partial charge in [-0.25, -0.2) is 8.42 Å². The van der Waals surface area contributed by atoms with Crippen LogP contribution in [-0.2, 0) is 15.2 Å². The Hall–Kier alpha value is 1.51. The predicted molar refractivity (Wildman–Crippen MR) is 27.6 cm³/mol. The molecule has 0 fully saturated rings.